The maximum absolute atomic E-state index is 11.7. The number of rotatable bonds is 7. The van der Waals surface area contributed by atoms with Crippen LogP contribution in [0.4, 0.5) is 0 Å². The topological polar surface area (TPSA) is 108 Å². The fourth-order valence-electron chi connectivity index (χ4n) is 4.34. The van der Waals surface area contributed by atoms with Crippen molar-refractivity contribution in [2.45, 2.75) is 32.6 Å². The SMILES string of the molecule is Cc1cc(=O)[nH]c2cc(OCCCN3CCC(Cc4ccccc4)CC3)ccc12.Cl.O.O. The van der Waals surface area contributed by atoms with Gasteiger partial charge in [-0.15, -0.1) is 12.4 Å². The van der Waals surface area contributed by atoms with Crippen molar-refractivity contribution in [3.63, 3.8) is 0 Å². The molecule has 3 aromatic rings. The van der Waals surface area contributed by atoms with Crippen molar-refractivity contribution < 1.29 is 15.7 Å². The van der Waals surface area contributed by atoms with Crippen molar-refractivity contribution in [3.05, 3.63) is 76.1 Å². The van der Waals surface area contributed by atoms with Crippen LogP contribution in [-0.2, 0) is 6.42 Å². The normalized spacial score (nSPS) is 14.2. The second-order valence-corrected chi connectivity index (χ2v) is 8.20. The molecular weight excluding hydrogens is 428 g/mol. The number of nitrogens with zero attached hydrogens (tertiary/aromatic N) is 1. The standard InChI is InChI=1S/C25H30N2O2.ClH.2H2O/c1-19-16-25(28)26-24-18-22(8-9-23(19)24)29-15-5-12-27-13-10-21(11-14-27)17-20-6-3-2-4-7-20;;;/h2-4,6-9,16,18,21H,5,10-15,17H2,1H3,(H,26,28);1H;2*1H2. The van der Waals surface area contributed by atoms with E-state index in [9.17, 15) is 4.79 Å². The molecule has 0 radical (unpaired) electrons. The summed E-state index contributed by atoms with van der Waals surface area (Å²) in [6, 6.07) is 18.4. The largest absolute Gasteiger partial charge is 0.493 e. The molecule has 6 nitrogen and oxygen atoms in total. The van der Waals surface area contributed by atoms with Crippen LogP contribution < -0.4 is 10.3 Å². The number of hydrogen-bond acceptors (Lipinski definition) is 3. The van der Waals surface area contributed by atoms with Gasteiger partial charge in [-0.2, -0.15) is 0 Å². The molecule has 0 amide bonds. The van der Waals surface area contributed by atoms with Gasteiger partial charge in [0.15, 0.2) is 0 Å². The zero-order chi connectivity index (χ0) is 20.1. The third kappa shape index (κ3) is 7.35. The summed E-state index contributed by atoms with van der Waals surface area (Å²) in [5.74, 6) is 1.63. The summed E-state index contributed by atoms with van der Waals surface area (Å²) >= 11 is 0. The Morgan fingerprint density at radius 3 is 2.47 bits per heavy atom. The van der Waals surface area contributed by atoms with E-state index in [1.165, 1.54) is 37.9 Å². The van der Waals surface area contributed by atoms with Crippen LogP contribution in [0.2, 0.25) is 0 Å². The van der Waals surface area contributed by atoms with Gasteiger partial charge < -0.3 is 25.6 Å². The van der Waals surface area contributed by atoms with Crippen molar-refractivity contribution >= 4 is 23.3 Å². The Morgan fingerprint density at radius 2 is 1.75 bits per heavy atom. The lowest BCUT2D eigenvalue weighted by atomic mass is 9.90. The van der Waals surface area contributed by atoms with E-state index in [1.807, 2.05) is 25.1 Å². The average molecular weight is 463 g/mol. The van der Waals surface area contributed by atoms with Crippen molar-refractivity contribution in [2.24, 2.45) is 5.92 Å². The number of benzene rings is 2. The Kier molecular flexibility index (Phi) is 11.4. The quantitative estimate of drug-likeness (QED) is 0.544. The van der Waals surface area contributed by atoms with E-state index < -0.39 is 0 Å². The lowest BCUT2D eigenvalue weighted by molar-refractivity contribution is 0.170. The molecule has 0 unspecified atom stereocenters. The number of halogens is 1. The summed E-state index contributed by atoms with van der Waals surface area (Å²) < 4.78 is 5.94. The van der Waals surface area contributed by atoms with Crippen LogP contribution in [0.1, 0.15) is 30.4 Å². The minimum atomic E-state index is -0.0668. The van der Waals surface area contributed by atoms with Crippen molar-refractivity contribution in [3.8, 4) is 5.75 Å². The Bertz CT molecular complexity index is 1000. The highest BCUT2D eigenvalue weighted by molar-refractivity contribution is 5.85. The monoisotopic (exact) mass is 462 g/mol. The smallest absolute Gasteiger partial charge is 0.248 e. The van der Waals surface area contributed by atoms with Gasteiger partial charge >= 0.3 is 0 Å². The Morgan fingerprint density at radius 1 is 1.03 bits per heavy atom. The Hall–Kier alpha value is -2.38. The number of aromatic amines is 1. The summed E-state index contributed by atoms with van der Waals surface area (Å²) in [5, 5.41) is 1.07. The van der Waals surface area contributed by atoms with Crippen LogP contribution in [0.25, 0.3) is 10.9 Å². The van der Waals surface area contributed by atoms with Crippen LogP contribution in [0.5, 0.6) is 5.75 Å². The molecule has 1 aromatic heterocycles. The summed E-state index contributed by atoms with van der Waals surface area (Å²) in [5.41, 5.74) is 3.23. The predicted octanol–water partition coefficient (Wildman–Crippen LogP) is 3.33. The number of pyridine rings is 1. The predicted molar refractivity (Wildman–Crippen MR) is 133 cm³/mol. The third-order valence-electron chi connectivity index (χ3n) is 5.98. The van der Waals surface area contributed by atoms with Crippen molar-refractivity contribution in [2.75, 3.05) is 26.2 Å². The first-order chi connectivity index (χ1) is 14.2. The summed E-state index contributed by atoms with van der Waals surface area (Å²) in [7, 11) is 0. The van der Waals surface area contributed by atoms with Gasteiger partial charge in [-0.25, -0.2) is 0 Å². The van der Waals surface area contributed by atoms with Crippen LogP contribution in [-0.4, -0.2) is 47.1 Å². The minimum Gasteiger partial charge on any atom is -0.493 e. The fourth-order valence-corrected chi connectivity index (χ4v) is 4.34. The van der Waals surface area contributed by atoms with Crippen molar-refractivity contribution in [1.82, 2.24) is 9.88 Å². The third-order valence-corrected chi connectivity index (χ3v) is 5.98. The second-order valence-electron chi connectivity index (χ2n) is 8.20. The summed E-state index contributed by atoms with van der Waals surface area (Å²) in [4.78, 5) is 17.1. The number of H-pyrrole nitrogens is 1. The number of fused-ring (bicyclic) bond motifs is 1. The van der Waals surface area contributed by atoms with Gasteiger partial charge in [0.2, 0.25) is 5.56 Å². The molecule has 1 fully saturated rings. The van der Waals surface area contributed by atoms with Crippen molar-refractivity contribution in [1.29, 1.82) is 0 Å². The van der Waals surface area contributed by atoms with Gasteiger partial charge in [-0.05, 0) is 74.9 Å². The van der Waals surface area contributed by atoms with E-state index in [2.05, 4.69) is 40.2 Å². The summed E-state index contributed by atoms with van der Waals surface area (Å²) in [6.07, 6.45) is 4.80. The lowest BCUT2D eigenvalue weighted by Gasteiger charge is -2.32. The van der Waals surface area contributed by atoms with E-state index in [0.29, 0.717) is 6.61 Å². The van der Waals surface area contributed by atoms with Gasteiger partial charge in [-0.3, -0.25) is 4.79 Å². The molecule has 2 heterocycles. The van der Waals surface area contributed by atoms with Gasteiger partial charge in [0.05, 0.1) is 12.1 Å². The first kappa shape index (κ1) is 27.7. The van der Waals surface area contributed by atoms with E-state index in [1.54, 1.807) is 6.07 Å². The number of aromatic nitrogens is 1. The number of likely N-dealkylation sites (tertiary alicyclic amines) is 1. The highest BCUT2D eigenvalue weighted by atomic mass is 35.5. The van der Waals surface area contributed by atoms with Crippen LogP contribution in [0, 0.1) is 12.8 Å². The molecule has 0 bridgehead atoms. The first-order valence-corrected chi connectivity index (χ1v) is 10.7. The second kappa shape index (κ2) is 13.2. The number of aryl methyl sites for hydroxylation is 1. The number of ether oxygens (including phenoxy) is 1. The molecule has 1 aliphatic rings. The molecule has 32 heavy (non-hydrogen) atoms. The van der Waals surface area contributed by atoms with Crippen LogP contribution in [0.15, 0.2) is 59.4 Å². The van der Waals surface area contributed by atoms with Gasteiger partial charge in [0.1, 0.15) is 5.75 Å². The molecule has 2 aromatic carbocycles. The van der Waals surface area contributed by atoms with E-state index in [0.717, 1.165) is 41.1 Å². The average Bonchev–Trinajstić information content (AvgIpc) is 2.73. The van der Waals surface area contributed by atoms with Crippen LogP contribution >= 0.6 is 12.4 Å². The number of piperidine rings is 1. The summed E-state index contributed by atoms with van der Waals surface area (Å²) in [6.45, 7) is 6.12. The Labute approximate surface area is 195 Å². The maximum atomic E-state index is 11.7. The van der Waals surface area contributed by atoms with E-state index in [-0.39, 0.29) is 28.9 Å². The molecule has 7 heteroatoms. The molecule has 0 saturated carbocycles. The van der Waals surface area contributed by atoms with Gasteiger partial charge in [0.25, 0.3) is 0 Å². The van der Waals surface area contributed by atoms with Crippen LogP contribution in [0.3, 0.4) is 0 Å². The van der Waals surface area contributed by atoms with E-state index >= 15 is 0 Å². The molecule has 1 saturated heterocycles. The zero-order valence-corrected chi connectivity index (χ0v) is 19.4. The number of hydrogen-bond donors (Lipinski definition) is 1. The first-order valence-electron chi connectivity index (χ1n) is 10.7. The molecule has 0 aliphatic carbocycles. The minimum absolute atomic E-state index is 0. The maximum Gasteiger partial charge on any atom is 0.248 e. The van der Waals surface area contributed by atoms with Gasteiger partial charge in [-0.1, -0.05) is 30.3 Å². The molecule has 1 aliphatic heterocycles. The molecule has 176 valence electrons. The molecule has 0 spiro atoms. The molecule has 0 atom stereocenters. The van der Waals surface area contributed by atoms with E-state index in [4.69, 9.17) is 4.74 Å². The van der Waals surface area contributed by atoms with Gasteiger partial charge in [0, 0.05) is 24.1 Å². The number of nitrogens with one attached hydrogen (secondary N) is 1. The molecular formula is C25H35ClN2O4. The fraction of sp³-hybridized carbons (Fsp3) is 0.400. The Balaban J connectivity index is 0.00000171. The zero-order valence-electron chi connectivity index (χ0n) is 18.6. The molecule has 5 N–H and O–H groups in total. The molecule has 4 rings (SSSR count). The highest BCUT2D eigenvalue weighted by Gasteiger charge is 2.19. The lowest BCUT2D eigenvalue weighted by Crippen LogP contribution is -2.35. The highest BCUT2D eigenvalue weighted by Crippen LogP contribution is 2.23.